The first kappa shape index (κ1) is 95.1. The zero-order valence-electron chi connectivity index (χ0n) is 63.4. The van der Waals surface area contributed by atoms with Crippen LogP contribution in [0.4, 0.5) is 0 Å². The molecule has 0 saturated heterocycles. The number of hydrogen-bond acceptors (Lipinski definition) is 15. The summed E-state index contributed by atoms with van der Waals surface area (Å²) in [5.74, 6) is -0.530. The minimum absolute atomic E-state index is 0.104. The van der Waals surface area contributed by atoms with Crippen molar-refractivity contribution >= 4 is 39.5 Å². The molecule has 0 aliphatic rings. The van der Waals surface area contributed by atoms with E-state index in [1.54, 1.807) is 0 Å². The third-order valence-electron chi connectivity index (χ3n) is 18.6. The number of esters is 4. The molecule has 0 aromatic carbocycles. The number of aliphatic hydroxyl groups is 1. The first-order chi connectivity index (χ1) is 46.9. The van der Waals surface area contributed by atoms with Crippen LogP contribution in [0.1, 0.15) is 408 Å². The molecule has 97 heavy (non-hydrogen) atoms. The topological polar surface area (TPSA) is 237 Å². The molecule has 0 aliphatic heterocycles. The number of rotatable bonds is 77. The molecule has 0 radical (unpaired) electrons. The predicted molar refractivity (Wildman–Crippen MR) is 395 cm³/mol. The Bertz CT molecular complexity index is 1870. The van der Waals surface area contributed by atoms with Crippen molar-refractivity contribution in [3.8, 4) is 0 Å². The fourth-order valence-electron chi connectivity index (χ4n) is 12.0. The number of phosphoric ester groups is 2. The highest BCUT2D eigenvalue weighted by Crippen LogP contribution is 2.45. The van der Waals surface area contributed by atoms with Crippen molar-refractivity contribution in [1.82, 2.24) is 0 Å². The van der Waals surface area contributed by atoms with E-state index in [0.717, 1.165) is 115 Å². The number of carbonyl (C=O) groups is 4. The molecular formula is C78H152O17P2. The predicted octanol–water partition coefficient (Wildman–Crippen LogP) is 23.1. The van der Waals surface area contributed by atoms with Crippen molar-refractivity contribution in [2.24, 2.45) is 11.8 Å². The molecule has 19 heteroatoms. The fourth-order valence-corrected chi connectivity index (χ4v) is 13.6. The summed E-state index contributed by atoms with van der Waals surface area (Å²) < 4.78 is 68.4. The Morgan fingerprint density at radius 1 is 0.299 bits per heavy atom. The Morgan fingerprint density at radius 2 is 0.526 bits per heavy atom. The van der Waals surface area contributed by atoms with Gasteiger partial charge in [-0.2, -0.15) is 0 Å². The molecule has 576 valence electrons. The van der Waals surface area contributed by atoms with Crippen LogP contribution < -0.4 is 0 Å². The van der Waals surface area contributed by atoms with Crippen molar-refractivity contribution in [3.05, 3.63) is 0 Å². The van der Waals surface area contributed by atoms with Crippen molar-refractivity contribution in [3.63, 3.8) is 0 Å². The van der Waals surface area contributed by atoms with Crippen molar-refractivity contribution in [2.45, 2.75) is 426 Å². The smallest absolute Gasteiger partial charge is 0.462 e. The summed E-state index contributed by atoms with van der Waals surface area (Å²) in [6.07, 6.45) is 58.6. The van der Waals surface area contributed by atoms with E-state index in [9.17, 15) is 43.2 Å². The van der Waals surface area contributed by atoms with Gasteiger partial charge in [-0.25, -0.2) is 9.13 Å². The zero-order chi connectivity index (χ0) is 71.4. The van der Waals surface area contributed by atoms with E-state index in [-0.39, 0.29) is 25.7 Å². The number of ether oxygens (including phenoxy) is 4. The Kier molecular flexibility index (Phi) is 68.4. The molecule has 0 saturated carbocycles. The average Bonchev–Trinajstić information content (AvgIpc) is 1.41. The largest absolute Gasteiger partial charge is 0.472 e. The van der Waals surface area contributed by atoms with Crippen LogP contribution in [0.25, 0.3) is 0 Å². The Balaban J connectivity index is 5.15. The molecule has 6 atom stereocenters. The number of unbranched alkanes of at least 4 members (excludes halogenated alkanes) is 46. The van der Waals surface area contributed by atoms with Gasteiger partial charge in [-0.15, -0.1) is 0 Å². The first-order valence-electron chi connectivity index (χ1n) is 40.5. The van der Waals surface area contributed by atoms with E-state index < -0.39 is 97.5 Å². The maximum Gasteiger partial charge on any atom is 0.472 e. The Labute approximate surface area is 594 Å². The molecule has 0 rings (SSSR count). The number of carbonyl (C=O) groups excluding carboxylic acids is 4. The van der Waals surface area contributed by atoms with Crippen LogP contribution in [0.15, 0.2) is 0 Å². The highest BCUT2D eigenvalue weighted by Gasteiger charge is 2.30. The van der Waals surface area contributed by atoms with Crippen LogP contribution >= 0.6 is 15.6 Å². The van der Waals surface area contributed by atoms with Crippen LogP contribution in [0.5, 0.6) is 0 Å². The van der Waals surface area contributed by atoms with Gasteiger partial charge in [0.15, 0.2) is 12.2 Å². The van der Waals surface area contributed by atoms with Crippen LogP contribution in [0, 0.1) is 11.8 Å². The van der Waals surface area contributed by atoms with E-state index in [1.165, 1.54) is 212 Å². The first-order valence-corrected chi connectivity index (χ1v) is 43.5. The molecule has 0 aliphatic carbocycles. The minimum atomic E-state index is -4.96. The van der Waals surface area contributed by atoms with Gasteiger partial charge in [0.05, 0.1) is 26.4 Å². The lowest BCUT2D eigenvalue weighted by Crippen LogP contribution is -2.30. The van der Waals surface area contributed by atoms with Gasteiger partial charge in [0.2, 0.25) is 0 Å². The number of aliphatic hydroxyl groups excluding tert-OH is 1. The summed E-state index contributed by atoms with van der Waals surface area (Å²) in [4.78, 5) is 72.7. The van der Waals surface area contributed by atoms with Crippen LogP contribution in [-0.2, 0) is 65.4 Å². The van der Waals surface area contributed by atoms with Crippen LogP contribution in [0.2, 0.25) is 0 Å². The number of phosphoric acid groups is 2. The van der Waals surface area contributed by atoms with Gasteiger partial charge in [0.1, 0.15) is 19.3 Å². The van der Waals surface area contributed by atoms with Gasteiger partial charge in [-0.1, -0.05) is 356 Å². The van der Waals surface area contributed by atoms with Gasteiger partial charge in [-0.3, -0.25) is 37.3 Å². The highest BCUT2D eigenvalue weighted by atomic mass is 31.2. The molecule has 0 amide bonds. The van der Waals surface area contributed by atoms with Gasteiger partial charge in [-0.05, 0) is 37.5 Å². The second kappa shape index (κ2) is 69.8. The molecule has 0 heterocycles. The minimum Gasteiger partial charge on any atom is -0.462 e. The molecule has 0 bridgehead atoms. The Hall–Kier alpha value is -1.94. The monoisotopic (exact) mass is 1420 g/mol. The van der Waals surface area contributed by atoms with E-state index in [4.69, 9.17) is 37.0 Å². The number of hydrogen-bond donors (Lipinski definition) is 3. The lowest BCUT2D eigenvalue weighted by Gasteiger charge is -2.21. The molecule has 0 aromatic rings. The molecular weight excluding hydrogens is 1270 g/mol. The van der Waals surface area contributed by atoms with E-state index in [0.29, 0.717) is 25.7 Å². The molecule has 17 nitrogen and oxygen atoms in total. The Morgan fingerprint density at radius 3 is 0.784 bits per heavy atom. The third-order valence-corrected chi connectivity index (χ3v) is 20.5. The van der Waals surface area contributed by atoms with Crippen molar-refractivity contribution in [1.29, 1.82) is 0 Å². The van der Waals surface area contributed by atoms with E-state index in [1.807, 2.05) is 0 Å². The molecule has 0 fully saturated rings. The summed E-state index contributed by atoms with van der Waals surface area (Å²) in [5, 5.41) is 10.6. The zero-order valence-corrected chi connectivity index (χ0v) is 65.2. The van der Waals surface area contributed by atoms with Crippen molar-refractivity contribution in [2.75, 3.05) is 39.6 Å². The van der Waals surface area contributed by atoms with Gasteiger partial charge < -0.3 is 33.8 Å². The maximum atomic E-state index is 13.1. The standard InChI is InChI=1S/C78H152O17P2/c1-7-10-12-14-16-17-18-19-20-23-27-30-33-36-43-49-55-61-76(81)89-67-74(94-77(82)62-56-50-44-37-34-31-28-25-22-21-24-26-29-32-35-42-47-53-59-71(6)9-3)69-93-97(86,87)91-65-72(79)64-90-96(84,85)92-68-73(66-88-75(80)60-54-48-40-15-13-11-8-2)95-78(83)63-57-51-45-39-38-41-46-52-58-70(4)5/h70-74,79H,7-69H2,1-6H3,(H,84,85)(H,86,87)/t71?,72-,73+,74+/m0/s1. The maximum absolute atomic E-state index is 13.1. The summed E-state index contributed by atoms with van der Waals surface area (Å²) in [5.41, 5.74) is 0. The van der Waals surface area contributed by atoms with Crippen molar-refractivity contribution < 1.29 is 80.2 Å². The van der Waals surface area contributed by atoms with E-state index >= 15 is 0 Å². The molecule has 0 spiro atoms. The lowest BCUT2D eigenvalue weighted by atomic mass is 9.99. The second-order valence-corrected chi connectivity index (χ2v) is 31.7. The summed E-state index contributed by atoms with van der Waals surface area (Å²) >= 11 is 0. The summed E-state index contributed by atoms with van der Waals surface area (Å²) in [6.45, 7) is 9.59. The van der Waals surface area contributed by atoms with Gasteiger partial charge >= 0.3 is 39.5 Å². The van der Waals surface area contributed by atoms with E-state index in [2.05, 4.69) is 41.5 Å². The van der Waals surface area contributed by atoms with Crippen LogP contribution in [-0.4, -0.2) is 96.7 Å². The normalized spacial score (nSPS) is 14.2. The average molecular weight is 1420 g/mol. The lowest BCUT2D eigenvalue weighted by molar-refractivity contribution is -0.161. The summed E-state index contributed by atoms with van der Waals surface area (Å²) in [6, 6.07) is 0. The molecule has 3 unspecified atom stereocenters. The van der Waals surface area contributed by atoms with Gasteiger partial charge in [0, 0.05) is 25.7 Å². The second-order valence-electron chi connectivity index (χ2n) is 28.8. The highest BCUT2D eigenvalue weighted by molar-refractivity contribution is 7.47. The summed E-state index contributed by atoms with van der Waals surface area (Å²) in [7, 11) is -9.91. The van der Waals surface area contributed by atoms with Crippen LogP contribution in [0.3, 0.4) is 0 Å². The molecule has 0 aromatic heterocycles. The molecule has 3 N–H and O–H groups in total. The SMILES string of the molecule is CCCCCCCCCCCCCCCCCCCC(=O)OC[C@H](COP(=O)(O)OC[C@@H](O)COP(=O)(O)OC[C@@H](COC(=O)CCCCCCCCC)OC(=O)CCCCCCCCCCC(C)C)OC(=O)CCCCCCCCCCCCCCCCCCCCC(C)CC. The third kappa shape index (κ3) is 70.9. The fraction of sp³-hybridized carbons (Fsp3) is 0.949. The quantitative estimate of drug-likeness (QED) is 0.0222. The van der Waals surface area contributed by atoms with Gasteiger partial charge in [0.25, 0.3) is 0 Å².